The molecule has 0 fully saturated rings. The van der Waals surface area contributed by atoms with Gasteiger partial charge < -0.3 is 10.6 Å². The molecule has 0 aromatic heterocycles. The number of rotatable bonds is 7. The average Bonchev–Trinajstić information content (AvgIpc) is 2.68. The van der Waals surface area contributed by atoms with Gasteiger partial charge >= 0.3 is 0 Å². The first-order valence-corrected chi connectivity index (χ1v) is 10.5. The van der Waals surface area contributed by atoms with Gasteiger partial charge in [0.05, 0.1) is 34.0 Å². The molecule has 0 aliphatic carbocycles. The van der Waals surface area contributed by atoms with Crippen LogP contribution in [0.4, 0.5) is 0 Å². The van der Waals surface area contributed by atoms with Crippen LogP contribution in [0, 0.1) is 34.0 Å². The summed E-state index contributed by atoms with van der Waals surface area (Å²) < 4.78 is 0. The molecule has 1 aromatic rings. The zero-order chi connectivity index (χ0) is 21.6. The standard InChI is InChI=1S/C22H26N4O2S/c1-5-9-18(15-10-7-6-8-11-15)25-19(27)14(2)29-21-17(13-24)22(3,4)16(12-23)20(28)26-21/h6-8,10-11,14,16,18H,5,9H2,1-4H3,(H,25,27)(H,26,28)/t14-,16+,18+/m1/s1. The number of nitrogens with zero attached hydrogens (tertiary/aromatic N) is 2. The third-order valence-electron chi connectivity index (χ3n) is 5.09. The monoisotopic (exact) mass is 410 g/mol. The SMILES string of the molecule is CCC[C@H](NC(=O)[C@@H](C)SC1=C(C#N)C(C)(C)[C@@H](C#N)C(=O)N1)c1ccccc1. The fraction of sp³-hybridized carbons (Fsp3) is 0.455. The highest BCUT2D eigenvalue weighted by Crippen LogP contribution is 2.42. The highest BCUT2D eigenvalue weighted by molar-refractivity contribution is 8.04. The molecule has 7 heteroatoms. The second-order valence-electron chi connectivity index (χ2n) is 7.61. The lowest BCUT2D eigenvalue weighted by Gasteiger charge is -2.35. The van der Waals surface area contributed by atoms with E-state index >= 15 is 0 Å². The Kier molecular flexibility index (Phi) is 7.47. The predicted octanol–water partition coefficient (Wildman–Crippen LogP) is 3.80. The van der Waals surface area contributed by atoms with Crippen LogP contribution in [0.25, 0.3) is 0 Å². The highest BCUT2D eigenvalue weighted by Gasteiger charge is 2.45. The summed E-state index contributed by atoms with van der Waals surface area (Å²) in [5, 5.41) is 24.5. The van der Waals surface area contributed by atoms with Crippen molar-refractivity contribution in [1.29, 1.82) is 10.5 Å². The van der Waals surface area contributed by atoms with E-state index in [-0.39, 0.29) is 11.9 Å². The molecule has 2 N–H and O–H groups in total. The number of allylic oxidation sites excluding steroid dienone is 1. The molecule has 2 rings (SSSR count). The van der Waals surface area contributed by atoms with Crippen LogP contribution in [-0.4, -0.2) is 17.1 Å². The lowest BCUT2D eigenvalue weighted by atomic mass is 9.72. The number of hydrogen-bond donors (Lipinski definition) is 2. The fourth-order valence-electron chi connectivity index (χ4n) is 3.33. The summed E-state index contributed by atoms with van der Waals surface area (Å²) in [5.74, 6) is -1.56. The predicted molar refractivity (Wildman–Crippen MR) is 113 cm³/mol. The van der Waals surface area contributed by atoms with Gasteiger partial charge in [0.1, 0.15) is 5.92 Å². The van der Waals surface area contributed by atoms with E-state index in [1.165, 1.54) is 0 Å². The number of carbonyl (C=O) groups excluding carboxylic acids is 2. The number of hydrogen-bond acceptors (Lipinski definition) is 5. The number of nitriles is 2. The van der Waals surface area contributed by atoms with E-state index in [4.69, 9.17) is 0 Å². The number of nitrogens with one attached hydrogen (secondary N) is 2. The minimum absolute atomic E-state index is 0.0958. The van der Waals surface area contributed by atoms with Crippen LogP contribution in [-0.2, 0) is 9.59 Å². The van der Waals surface area contributed by atoms with Gasteiger partial charge in [-0.25, -0.2) is 0 Å². The van der Waals surface area contributed by atoms with Gasteiger partial charge in [-0.1, -0.05) is 69.3 Å². The molecule has 1 aromatic carbocycles. The van der Waals surface area contributed by atoms with E-state index in [9.17, 15) is 20.1 Å². The van der Waals surface area contributed by atoms with E-state index in [2.05, 4.69) is 23.6 Å². The van der Waals surface area contributed by atoms with Crippen LogP contribution in [0.15, 0.2) is 40.9 Å². The van der Waals surface area contributed by atoms with Gasteiger partial charge in [-0.05, 0) is 18.9 Å². The topological polar surface area (TPSA) is 106 Å². The van der Waals surface area contributed by atoms with Crippen molar-refractivity contribution in [3.8, 4) is 12.1 Å². The largest absolute Gasteiger partial charge is 0.348 e. The number of amides is 2. The smallest absolute Gasteiger partial charge is 0.243 e. The molecule has 29 heavy (non-hydrogen) atoms. The second kappa shape index (κ2) is 9.62. The summed E-state index contributed by atoms with van der Waals surface area (Å²) in [6, 6.07) is 13.8. The Balaban J connectivity index is 2.19. The molecule has 0 saturated heterocycles. The molecule has 2 amide bonds. The summed E-state index contributed by atoms with van der Waals surface area (Å²) in [4.78, 5) is 25.2. The minimum Gasteiger partial charge on any atom is -0.348 e. The maximum atomic E-state index is 12.8. The summed E-state index contributed by atoms with van der Waals surface area (Å²) >= 11 is 1.14. The van der Waals surface area contributed by atoms with Gasteiger partial charge in [-0.3, -0.25) is 9.59 Å². The van der Waals surface area contributed by atoms with Crippen molar-refractivity contribution in [3.63, 3.8) is 0 Å². The van der Waals surface area contributed by atoms with Crippen LogP contribution >= 0.6 is 11.8 Å². The molecule has 1 aliphatic heterocycles. The molecular weight excluding hydrogens is 384 g/mol. The van der Waals surface area contributed by atoms with Gasteiger partial charge in [0, 0.05) is 5.41 Å². The van der Waals surface area contributed by atoms with Crippen LogP contribution < -0.4 is 10.6 Å². The molecule has 152 valence electrons. The minimum atomic E-state index is -0.947. The summed E-state index contributed by atoms with van der Waals surface area (Å²) in [6.07, 6.45) is 1.73. The lowest BCUT2D eigenvalue weighted by molar-refractivity contribution is -0.125. The number of thioether (sulfide) groups is 1. The first-order chi connectivity index (χ1) is 13.8. The molecule has 0 spiro atoms. The van der Waals surface area contributed by atoms with E-state index in [0.29, 0.717) is 10.6 Å². The Hall–Kier alpha value is -2.77. The van der Waals surface area contributed by atoms with Crippen LogP contribution in [0.3, 0.4) is 0 Å². The van der Waals surface area contributed by atoms with Crippen molar-refractivity contribution in [2.75, 3.05) is 0 Å². The number of benzene rings is 1. The zero-order valence-corrected chi connectivity index (χ0v) is 18.0. The second-order valence-corrected chi connectivity index (χ2v) is 8.96. The molecule has 0 unspecified atom stereocenters. The van der Waals surface area contributed by atoms with Crippen molar-refractivity contribution in [2.45, 2.75) is 51.8 Å². The summed E-state index contributed by atoms with van der Waals surface area (Å²) in [6.45, 7) is 7.22. The molecule has 0 bridgehead atoms. The first kappa shape index (κ1) is 22.5. The van der Waals surface area contributed by atoms with Gasteiger partial charge in [-0.15, -0.1) is 0 Å². The zero-order valence-electron chi connectivity index (χ0n) is 17.2. The van der Waals surface area contributed by atoms with E-state index in [1.807, 2.05) is 36.4 Å². The van der Waals surface area contributed by atoms with Gasteiger partial charge in [0.15, 0.2) is 0 Å². The molecule has 0 radical (unpaired) electrons. The average molecular weight is 411 g/mol. The normalized spacial score (nSPS) is 20.1. The molecule has 1 heterocycles. The van der Waals surface area contributed by atoms with Crippen LogP contribution in [0.1, 0.15) is 52.1 Å². The van der Waals surface area contributed by atoms with Crippen molar-refractivity contribution < 1.29 is 9.59 Å². The molecule has 1 aliphatic rings. The van der Waals surface area contributed by atoms with Crippen LogP contribution in [0.5, 0.6) is 0 Å². The van der Waals surface area contributed by atoms with E-state index in [0.717, 1.165) is 30.2 Å². The maximum Gasteiger partial charge on any atom is 0.243 e. The highest BCUT2D eigenvalue weighted by atomic mass is 32.2. The Morgan fingerprint density at radius 2 is 1.97 bits per heavy atom. The van der Waals surface area contributed by atoms with Crippen molar-refractivity contribution in [1.82, 2.24) is 10.6 Å². The van der Waals surface area contributed by atoms with E-state index in [1.54, 1.807) is 20.8 Å². The first-order valence-electron chi connectivity index (χ1n) is 9.63. The fourth-order valence-corrected chi connectivity index (χ4v) is 4.44. The number of carbonyl (C=O) groups is 2. The van der Waals surface area contributed by atoms with Crippen molar-refractivity contribution in [3.05, 3.63) is 46.5 Å². The Bertz CT molecular complexity index is 880. The molecule has 3 atom stereocenters. The Labute approximate surface area is 176 Å². The third-order valence-corrected chi connectivity index (χ3v) is 6.20. The van der Waals surface area contributed by atoms with Crippen molar-refractivity contribution >= 4 is 23.6 Å². The lowest BCUT2D eigenvalue weighted by Crippen LogP contribution is -2.45. The van der Waals surface area contributed by atoms with Crippen LogP contribution in [0.2, 0.25) is 0 Å². The van der Waals surface area contributed by atoms with E-state index < -0.39 is 22.5 Å². The van der Waals surface area contributed by atoms with Gasteiger partial charge in [0.25, 0.3) is 0 Å². The molecular formula is C22H26N4O2S. The van der Waals surface area contributed by atoms with Crippen molar-refractivity contribution in [2.24, 2.45) is 11.3 Å². The Morgan fingerprint density at radius 3 is 2.52 bits per heavy atom. The quantitative estimate of drug-likeness (QED) is 0.711. The van der Waals surface area contributed by atoms with Gasteiger partial charge in [-0.2, -0.15) is 10.5 Å². The summed E-state index contributed by atoms with van der Waals surface area (Å²) in [7, 11) is 0. The molecule has 6 nitrogen and oxygen atoms in total. The third kappa shape index (κ3) is 4.99. The van der Waals surface area contributed by atoms with Gasteiger partial charge in [0.2, 0.25) is 11.8 Å². The Morgan fingerprint density at radius 1 is 1.31 bits per heavy atom. The summed E-state index contributed by atoms with van der Waals surface area (Å²) in [5.41, 5.74) is 0.446. The maximum absolute atomic E-state index is 12.8. The molecule has 0 saturated carbocycles.